The van der Waals surface area contributed by atoms with Gasteiger partial charge in [-0.3, -0.25) is 0 Å². The molecule has 1 heterocycles. The molecule has 0 bridgehead atoms. The number of anilines is 1. The van der Waals surface area contributed by atoms with Crippen LogP contribution in [0.5, 0.6) is 0 Å². The largest absolute Gasteiger partial charge is 0.369 e. The van der Waals surface area contributed by atoms with Crippen LogP contribution in [-0.2, 0) is 10.3 Å². The summed E-state index contributed by atoms with van der Waals surface area (Å²) in [6, 6.07) is 0. The van der Waals surface area contributed by atoms with Crippen molar-refractivity contribution in [2.45, 2.75) is 58.5 Å². The average molecular weight is 356 g/mol. The van der Waals surface area contributed by atoms with E-state index in [1.807, 2.05) is 6.20 Å². The van der Waals surface area contributed by atoms with Gasteiger partial charge in [-0.15, -0.1) is 0 Å². The van der Waals surface area contributed by atoms with Gasteiger partial charge in [-0.2, -0.15) is 0 Å². The highest BCUT2D eigenvalue weighted by Gasteiger charge is 2.39. The number of halogens is 1. The Kier molecular flexibility index (Phi) is 5.99. The van der Waals surface area contributed by atoms with Crippen LogP contribution in [-0.4, -0.2) is 23.1 Å². The first-order chi connectivity index (χ1) is 10.1. The number of hydrogen-bond donors (Lipinski definition) is 1. The summed E-state index contributed by atoms with van der Waals surface area (Å²) in [6.45, 7) is 8.12. The summed E-state index contributed by atoms with van der Waals surface area (Å²) in [5.41, 5.74) is -0.301. The van der Waals surface area contributed by atoms with Crippen LogP contribution in [0.15, 0.2) is 10.7 Å². The Balaban J connectivity index is 2.27. The van der Waals surface area contributed by atoms with Crippen LogP contribution >= 0.6 is 15.9 Å². The average Bonchev–Trinajstić information content (AvgIpc) is 2.49. The van der Waals surface area contributed by atoms with Crippen molar-refractivity contribution >= 4 is 21.7 Å². The topological polar surface area (TPSA) is 47.0 Å². The summed E-state index contributed by atoms with van der Waals surface area (Å²) in [4.78, 5) is 9.32. The molecule has 0 aromatic carbocycles. The van der Waals surface area contributed by atoms with Crippen LogP contribution in [0.3, 0.4) is 0 Å². The molecule has 0 saturated heterocycles. The fourth-order valence-corrected chi connectivity index (χ4v) is 3.22. The Morgan fingerprint density at radius 2 is 2.10 bits per heavy atom. The van der Waals surface area contributed by atoms with Crippen molar-refractivity contribution in [1.29, 1.82) is 0 Å². The molecular formula is C16H26BrN3O. The molecule has 1 saturated carbocycles. The molecule has 118 valence electrons. The summed E-state index contributed by atoms with van der Waals surface area (Å²) in [7, 11) is 0. The fraction of sp³-hybridized carbons (Fsp3) is 0.750. The van der Waals surface area contributed by atoms with Gasteiger partial charge in [-0.1, -0.05) is 13.8 Å². The van der Waals surface area contributed by atoms with E-state index in [4.69, 9.17) is 9.72 Å². The molecule has 1 aliphatic carbocycles. The minimum atomic E-state index is -0.301. The smallest absolute Gasteiger partial charge is 0.162 e. The lowest BCUT2D eigenvalue weighted by atomic mass is 9.79. The monoisotopic (exact) mass is 355 g/mol. The highest BCUT2D eigenvalue weighted by atomic mass is 79.9. The molecule has 0 radical (unpaired) electrons. The van der Waals surface area contributed by atoms with Gasteiger partial charge in [0, 0.05) is 19.3 Å². The van der Waals surface area contributed by atoms with Crippen molar-refractivity contribution in [2.75, 3.05) is 18.5 Å². The fourth-order valence-electron chi connectivity index (χ4n) is 2.89. The molecule has 0 aliphatic heterocycles. The van der Waals surface area contributed by atoms with Gasteiger partial charge in [0.1, 0.15) is 11.4 Å². The highest BCUT2D eigenvalue weighted by molar-refractivity contribution is 9.10. The van der Waals surface area contributed by atoms with E-state index in [9.17, 15) is 0 Å². The van der Waals surface area contributed by atoms with E-state index >= 15 is 0 Å². The van der Waals surface area contributed by atoms with Gasteiger partial charge in [0.15, 0.2) is 5.82 Å². The third-order valence-electron chi connectivity index (χ3n) is 4.20. The molecule has 4 nitrogen and oxygen atoms in total. The molecule has 1 aromatic heterocycles. The quantitative estimate of drug-likeness (QED) is 0.815. The Labute approximate surface area is 136 Å². The van der Waals surface area contributed by atoms with Gasteiger partial charge in [0.2, 0.25) is 0 Å². The van der Waals surface area contributed by atoms with E-state index in [1.54, 1.807) is 0 Å². The molecule has 5 heteroatoms. The van der Waals surface area contributed by atoms with Crippen LogP contribution in [0.25, 0.3) is 0 Å². The van der Waals surface area contributed by atoms with Crippen LogP contribution in [0.4, 0.5) is 5.82 Å². The number of nitrogens with one attached hydrogen (secondary N) is 1. The van der Waals surface area contributed by atoms with Crippen molar-refractivity contribution in [3.8, 4) is 0 Å². The van der Waals surface area contributed by atoms with Crippen molar-refractivity contribution in [2.24, 2.45) is 5.92 Å². The van der Waals surface area contributed by atoms with E-state index in [0.717, 1.165) is 47.8 Å². The lowest BCUT2D eigenvalue weighted by Crippen LogP contribution is -2.36. The van der Waals surface area contributed by atoms with Crippen LogP contribution in [0.1, 0.15) is 58.7 Å². The zero-order chi connectivity index (χ0) is 15.3. The summed E-state index contributed by atoms with van der Waals surface area (Å²) in [5, 5.41) is 3.36. The van der Waals surface area contributed by atoms with Gasteiger partial charge in [0.05, 0.1) is 4.47 Å². The van der Waals surface area contributed by atoms with Crippen LogP contribution in [0.2, 0.25) is 0 Å². The predicted octanol–water partition coefficient (Wildman–Crippen LogP) is 4.50. The number of hydrogen-bond acceptors (Lipinski definition) is 4. The molecule has 1 N–H and O–H groups in total. The minimum absolute atomic E-state index is 0.301. The molecule has 2 rings (SSSR count). The van der Waals surface area contributed by atoms with Crippen molar-refractivity contribution in [3.05, 3.63) is 16.5 Å². The Morgan fingerprint density at radius 1 is 1.38 bits per heavy atom. The zero-order valence-electron chi connectivity index (χ0n) is 13.3. The number of aromatic nitrogens is 2. The number of rotatable bonds is 6. The molecule has 0 spiro atoms. The zero-order valence-corrected chi connectivity index (χ0v) is 14.9. The standard InChI is InChI=1S/C16H26BrN3O/c1-4-10-18-14-13(17)11-19-15(20-14)16(21-5-2)8-6-12(3)7-9-16/h11-12H,4-10H2,1-3H3,(H,18,19,20). The Hall–Kier alpha value is -0.680. The van der Waals surface area contributed by atoms with E-state index in [1.165, 1.54) is 12.8 Å². The lowest BCUT2D eigenvalue weighted by molar-refractivity contribution is -0.0836. The van der Waals surface area contributed by atoms with E-state index in [2.05, 4.69) is 47.0 Å². The van der Waals surface area contributed by atoms with Gasteiger partial charge in [-0.05, 0) is 60.9 Å². The maximum atomic E-state index is 6.14. The molecule has 21 heavy (non-hydrogen) atoms. The van der Waals surface area contributed by atoms with Crippen molar-refractivity contribution in [3.63, 3.8) is 0 Å². The molecule has 1 aliphatic rings. The van der Waals surface area contributed by atoms with Gasteiger partial charge in [-0.25, -0.2) is 9.97 Å². The van der Waals surface area contributed by atoms with Crippen molar-refractivity contribution in [1.82, 2.24) is 9.97 Å². The number of nitrogens with zero attached hydrogens (tertiary/aromatic N) is 2. The van der Waals surface area contributed by atoms with Gasteiger partial charge in [0.25, 0.3) is 0 Å². The van der Waals surface area contributed by atoms with Gasteiger partial charge < -0.3 is 10.1 Å². The summed E-state index contributed by atoms with van der Waals surface area (Å²) >= 11 is 3.52. The first-order valence-corrected chi connectivity index (χ1v) is 8.81. The Bertz CT molecular complexity index is 459. The SMILES string of the molecule is CCCNc1nc(C2(OCC)CCC(C)CC2)ncc1Br. The molecule has 0 amide bonds. The third-order valence-corrected chi connectivity index (χ3v) is 4.78. The summed E-state index contributed by atoms with van der Waals surface area (Å²) < 4.78 is 7.05. The minimum Gasteiger partial charge on any atom is -0.369 e. The first kappa shape index (κ1) is 16.7. The molecular weight excluding hydrogens is 330 g/mol. The Morgan fingerprint density at radius 3 is 2.71 bits per heavy atom. The predicted molar refractivity (Wildman–Crippen MR) is 89.4 cm³/mol. The van der Waals surface area contributed by atoms with E-state index < -0.39 is 0 Å². The van der Waals surface area contributed by atoms with Crippen molar-refractivity contribution < 1.29 is 4.74 Å². The summed E-state index contributed by atoms with van der Waals surface area (Å²) in [5.74, 6) is 2.48. The molecule has 0 unspecified atom stereocenters. The normalized spacial score (nSPS) is 25.8. The van der Waals surface area contributed by atoms with Gasteiger partial charge >= 0.3 is 0 Å². The number of ether oxygens (including phenoxy) is 1. The maximum absolute atomic E-state index is 6.14. The van der Waals surface area contributed by atoms with Crippen LogP contribution < -0.4 is 5.32 Å². The highest BCUT2D eigenvalue weighted by Crippen LogP contribution is 2.41. The van der Waals surface area contributed by atoms with E-state index in [0.29, 0.717) is 6.61 Å². The second-order valence-electron chi connectivity index (χ2n) is 5.93. The molecule has 1 aromatic rings. The second kappa shape index (κ2) is 7.54. The lowest BCUT2D eigenvalue weighted by Gasteiger charge is -2.38. The van der Waals surface area contributed by atoms with E-state index in [-0.39, 0.29) is 5.60 Å². The maximum Gasteiger partial charge on any atom is 0.162 e. The first-order valence-electron chi connectivity index (χ1n) is 8.02. The second-order valence-corrected chi connectivity index (χ2v) is 6.78. The molecule has 1 fully saturated rings. The third kappa shape index (κ3) is 3.95. The van der Waals surface area contributed by atoms with Crippen LogP contribution in [0, 0.1) is 5.92 Å². The summed E-state index contributed by atoms with van der Waals surface area (Å²) in [6.07, 6.45) is 7.29. The molecule has 0 atom stereocenters.